The van der Waals surface area contributed by atoms with E-state index in [0.717, 1.165) is 5.56 Å². The summed E-state index contributed by atoms with van der Waals surface area (Å²) in [5.41, 5.74) is 0.834. The maximum atomic E-state index is 12.2. The fourth-order valence-corrected chi connectivity index (χ4v) is 2.52. The third-order valence-electron chi connectivity index (χ3n) is 3.81. The molecule has 0 aromatic heterocycles. The van der Waals surface area contributed by atoms with Crippen LogP contribution in [0.1, 0.15) is 37.3 Å². The number of esters is 1. The Morgan fingerprint density at radius 3 is 2.67 bits per heavy atom. The van der Waals surface area contributed by atoms with Crippen molar-refractivity contribution in [2.75, 3.05) is 6.61 Å². The minimum atomic E-state index is -1.04. The molecule has 6 heteroatoms. The number of cyclic esters (lactones) is 1. The Kier molecular flexibility index (Phi) is 6.54. The summed E-state index contributed by atoms with van der Waals surface area (Å²) < 4.78 is 5.29. The van der Waals surface area contributed by atoms with E-state index in [1.165, 1.54) is 0 Å². The average Bonchev–Trinajstić information content (AvgIpc) is 2.56. The van der Waals surface area contributed by atoms with Gasteiger partial charge in [-0.2, -0.15) is 0 Å². The predicted molar refractivity (Wildman–Crippen MR) is 87.0 cm³/mol. The van der Waals surface area contributed by atoms with Gasteiger partial charge in [0.2, 0.25) is 5.91 Å². The molecule has 2 N–H and O–H groups in total. The lowest BCUT2D eigenvalue weighted by Gasteiger charge is -2.21. The molecule has 128 valence electrons. The zero-order valence-corrected chi connectivity index (χ0v) is 13.3. The second-order valence-corrected chi connectivity index (χ2v) is 5.70. The summed E-state index contributed by atoms with van der Waals surface area (Å²) in [5.74, 6) is -2.43. The molecule has 6 nitrogen and oxygen atoms in total. The number of carboxylic acids is 1. The summed E-state index contributed by atoms with van der Waals surface area (Å²) in [6.45, 7) is -0.0194. The summed E-state index contributed by atoms with van der Waals surface area (Å²) in [5, 5.41) is 11.8. The zero-order valence-electron chi connectivity index (χ0n) is 13.3. The molecular formula is C18H21NO5. The second kappa shape index (κ2) is 8.86. The van der Waals surface area contributed by atoms with Gasteiger partial charge in [0.05, 0.1) is 18.4 Å². The minimum absolute atomic E-state index is 0.0194. The van der Waals surface area contributed by atoms with E-state index < -0.39 is 23.9 Å². The number of carbonyl (C=O) groups is 3. The molecule has 1 aliphatic heterocycles. The maximum absolute atomic E-state index is 12.2. The van der Waals surface area contributed by atoms with Crippen molar-refractivity contribution in [2.45, 2.75) is 31.7 Å². The van der Waals surface area contributed by atoms with Gasteiger partial charge in [0.25, 0.3) is 0 Å². The van der Waals surface area contributed by atoms with Crippen LogP contribution in [0.5, 0.6) is 0 Å². The highest BCUT2D eigenvalue weighted by Crippen LogP contribution is 2.18. The first-order valence-electron chi connectivity index (χ1n) is 7.94. The highest BCUT2D eigenvalue weighted by molar-refractivity contribution is 5.79. The summed E-state index contributed by atoms with van der Waals surface area (Å²) in [6, 6.07) is 8.79. The molecule has 2 atom stereocenters. The van der Waals surface area contributed by atoms with Crippen molar-refractivity contribution in [1.29, 1.82) is 0 Å². The normalized spacial score (nSPS) is 24.0. The number of hydrogen-bond donors (Lipinski definition) is 2. The van der Waals surface area contributed by atoms with Crippen LogP contribution in [-0.4, -0.2) is 29.6 Å². The number of ether oxygens (including phenoxy) is 1. The third kappa shape index (κ3) is 5.53. The van der Waals surface area contributed by atoms with E-state index in [9.17, 15) is 14.4 Å². The monoisotopic (exact) mass is 331 g/mol. The van der Waals surface area contributed by atoms with Crippen LogP contribution in [0.25, 0.3) is 0 Å². The first-order valence-corrected chi connectivity index (χ1v) is 7.94. The lowest BCUT2D eigenvalue weighted by atomic mass is 10.0. The van der Waals surface area contributed by atoms with Gasteiger partial charge in [-0.05, 0) is 18.4 Å². The zero-order chi connectivity index (χ0) is 17.4. The Balaban J connectivity index is 2.15. The van der Waals surface area contributed by atoms with Gasteiger partial charge >= 0.3 is 11.9 Å². The maximum Gasteiger partial charge on any atom is 0.309 e. The van der Waals surface area contributed by atoms with E-state index in [0.29, 0.717) is 19.3 Å². The standard InChI is InChI=1S/C18H21NO5/c20-16-10-6-2-5-9-14(11-17(21)22)18(23)24-12-15(19-16)13-7-3-1-4-8-13/h1-5,7-8,14-15H,6,9-12H2,(H,19,20)(H,21,22)/b5-2+/t14-,15+/m0/s1. The van der Waals surface area contributed by atoms with Crippen LogP contribution in [-0.2, 0) is 19.1 Å². The predicted octanol–water partition coefficient (Wildman–Crippen LogP) is 2.22. The molecule has 0 bridgehead atoms. The number of carboxylic acid groups (broad SMARTS) is 1. The summed E-state index contributed by atoms with van der Waals surface area (Å²) in [6.07, 6.45) is 4.42. The summed E-state index contributed by atoms with van der Waals surface area (Å²) in [7, 11) is 0. The molecule has 0 saturated carbocycles. The van der Waals surface area contributed by atoms with Crippen molar-refractivity contribution in [3.05, 3.63) is 48.0 Å². The highest BCUT2D eigenvalue weighted by atomic mass is 16.5. The Labute approximate surface area is 140 Å². The van der Waals surface area contributed by atoms with Gasteiger partial charge in [-0.15, -0.1) is 0 Å². The Hall–Kier alpha value is -2.63. The average molecular weight is 331 g/mol. The molecule has 0 fully saturated rings. The van der Waals surface area contributed by atoms with Crippen LogP contribution >= 0.6 is 0 Å². The summed E-state index contributed by atoms with van der Waals surface area (Å²) in [4.78, 5) is 35.1. The number of allylic oxidation sites excluding steroid dienone is 2. The highest BCUT2D eigenvalue weighted by Gasteiger charge is 2.24. The van der Waals surface area contributed by atoms with Gasteiger partial charge in [-0.3, -0.25) is 14.4 Å². The van der Waals surface area contributed by atoms with Crippen molar-refractivity contribution in [3.63, 3.8) is 0 Å². The number of aliphatic carboxylic acids is 1. The molecule has 2 rings (SSSR count). The van der Waals surface area contributed by atoms with Crippen molar-refractivity contribution >= 4 is 17.8 Å². The smallest absolute Gasteiger partial charge is 0.309 e. The lowest BCUT2D eigenvalue weighted by molar-refractivity contribution is -0.153. The molecule has 1 aromatic rings. The molecule has 24 heavy (non-hydrogen) atoms. The largest absolute Gasteiger partial charge is 0.481 e. The number of amides is 1. The SMILES string of the molecule is O=C(O)C[C@@H]1C/C=C/CCC(=O)N[C@@H](c2ccccc2)COC1=O. The van der Waals surface area contributed by atoms with E-state index in [1.807, 2.05) is 30.3 Å². The van der Waals surface area contributed by atoms with Crippen molar-refractivity contribution in [1.82, 2.24) is 5.32 Å². The topological polar surface area (TPSA) is 92.7 Å². The van der Waals surface area contributed by atoms with Crippen LogP contribution in [0.3, 0.4) is 0 Å². The lowest BCUT2D eigenvalue weighted by Crippen LogP contribution is -2.33. The molecule has 0 aliphatic carbocycles. The quantitative estimate of drug-likeness (QED) is 0.654. The van der Waals surface area contributed by atoms with E-state index in [1.54, 1.807) is 12.2 Å². The van der Waals surface area contributed by atoms with E-state index >= 15 is 0 Å². The van der Waals surface area contributed by atoms with Crippen molar-refractivity contribution < 1.29 is 24.2 Å². The molecular weight excluding hydrogens is 310 g/mol. The number of carbonyl (C=O) groups excluding carboxylic acids is 2. The van der Waals surface area contributed by atoms with Gasteiger partial charge in [0.1, 0.15) is 6.61 Å². The Morgan fingerprint density at radius 1 is 1.21 bits per heavy atom. The van der Waals surface area contributed by atoms with Gasteiger partial charge < -0.3 is 15.2 Å². The van der Waals surface area contributed by atoms with Gasteiger partial charge in [-0.1, -0.05) is 42.5 Å². The van der Waals surface area contributed by atoms with E-state index in [4.69, 9.17) is 9.84 Å². The Morgan fingerprint density at radius 2 is 1.96 bits per heavy atom. The number of benzene rings is 1. The fourth-order valence-electron chi connectivity index (χ4n) is 2.52. The van der Waals surface area contributed by atoms with Crippen LogP contribution in [0.15, 0.2) is 42.5 Å². The molecule has 1 aliphatic rings. The minimum Gasteiger partial charge on any atom is -0.481 e. The Bertz CT molecular complexity index is 611. The molecule has 1 heterocycles. The fraction of sp³-hybridized carbons (Fsp3) is 0.389. The molecule has 0 unspecified atom stereocenters. The third-order valence-corrected chi connectivity index (χ3v) is 3.81. The number of hydrogen-bond acceptors (Lipinski definition) is 4. The van der Waals surface area contributed by atoms with Crippen molar-refractivity contribution in [2.24, 2.45) is 5.92 Å². The second-order valence-electron chi connectivity index (χ2n) is 5.70. The van der Waals surface area contributed by atoms with Crippen molar-refractivity contribution in [3.8, 4) is 0 Å². The molecule has 1 aromatic carbocycles. The first-order chi connectivity index (χ1) is 11.6. The van der Waals surface area contributed by atoms with Crippen LogP contribution in [0, 0.1) is 5.92 Å². The van der Waals surface area contributed by atoms with Gasteiger partial charge in [0.15, 0.2) is 0 Å². The van der Waals surface area contributed by atoms with Crippen LogP contribution in [0.4, 0.5) is 0 Å². The first kappa shape index (κ1) is 17.7. The molecule has 1 amide bonds. The van der Waals surface area contributed by atoms with Crippen LogP contribution < -0.4 is 5.32 Å². The molecule has 0 radical (unpaired) electrons. The van der Waals surface area contributed by atoms with Gasteiger partial charge in [-0.25, -0.2) is 0 Å². The van der Waals surface area contributed by atoms with Gasteiger partial charge in [0, 0.05) is 6.42 Å². The number of nitrogens with one attached hydrogen (secondary N) is 1. The van der Waals surface area contributed by atoms with E-state index in [-0.39, 0.29) is 18.9 Å². The van der Waals surface area contributed by atoms with E-state index in [2.05, 4.69) is 5.32 Å². The summed E-state index contributed by atoms with van der Waals surface area (Å²) >= 11 is 0. The molecule has 0 spiro atoms. The molecule has 0 saturated heterocycles. The number of rotatable bonds is 3. The van der Waals surface area contributed by atoms with Crippen LogP contribution in [0.2, 0.25) is 0 Å².